The van der Waals surface area contributed by atoms with E-state index in [0.29, 0.717) is 0 Å². The lowest BCUT2D eigenvalue weighted by Gasteiger charge is -2.28. The van der Waals surface area contributed by atoms with E-state index in [2.05, 4.69) is 0 Å². The molecule has 0 saturated carbocycles. The maximum Gasteiger partial charge on any atom is 0.167 e. The topological polar surface area (TPSA) is 54.4 Å². The normalized spacial score (nSPS) is 16.8. The van der Waals surface area contributed by atoms with Gasteiger partial charge in [-0.3, -0.25) is 9.59 Å². The third kappa shape index (κ3) is 3.71. The van der Waals surface area contributed by atoms with Gasteiger partial charge in [0.25, 0.3) is 0 Å². The van der Waals surface area contributed by atoms with E-state index in [4.69, 9.17) is 0 Å². The summed E-state index contributed by atoms with van der Waals surface area (Å²) in [4.78, 5) is 23.8. The molecule has 0 aliphatic heterocycles. The Labute approximate surface area is 98.2 Å². The van der Waals surface area contributed by atoms with Gasteiger partial charge in [-0.1, -0.05) is 48.5 Å². The van der Waals surface area contributed by atoms with Crippen molar-refractivity contribution in [3.8, 4) is 0 Å². The molecule has 2 unspecified atom stereocenters. The molecule has 0 aliphatic rings. The van der Waals surface area contributed by atoms with E-state index >= 15 is 0 Å². The lowest BCUT2D eigenvalue weighted by atomic mass is 9.77. The smallest absolute Gasteiger partial charge is 0.167 e. The molecule has 1 N–H and O–H groups in total. The van der Waals surface area contributed by atoms with Gasteiger partial charge in [0.05, 0.1) is 0 Å². The van der Waals surface area contributed by atoms with Crippen LogP contribution in [0.25, 0.3) is 0 Å². The van der Waals surface area contributed by atoms with E-state index in [9.17, 15) is 14.7 Å². The highest BCUT2D eigenvalue weighted by Crippen LogP contribution is 2.26. The summed E-state index contributed by atoms with van der Waals surface area (Å²) >= 11 is 0. The summed E-state index contributed by atoms with van der Waals surface area (Å²) in [5, 5.41) is 9.89. The van der Waals surface area contributed by atoms with Crippen molar-refractivity contribution in [2.75, 3.05) is 0 Å². The molecular weight excluding hydrogens is 204 g/mol. The Kier molecular flexibility index (Phi) is 4.46. The molecule has 16 heavy (non-hydrogen) atoms. The fraction of sp³-hybridized carbons (Fsp3) is 0.846. The molecule has 0 aromatic heterocycles. The minimum absolute atomic E-state index is 0.0856. The van der Waals surface area contributed by atoms with Crippen LogP contribution in [-0.4, -0.2) is 22.8 Å². The minimum atomic E-state index is -1.20. The van der Waals surface area contributed by atoms with Gasteiger partial charge >= 0.3 is 0 Å². The lowest BCUT2D eigenvalue weighted by molar-refractivity contribution is -0.145. The molecular formula is C13H24O3. The maximum atomic E-state index is 11.9. The van der Waals surface area contributed by atoms with E-state index in [-0.39, 0.29) is 11.6 Å². The molecule has 0 saturated heterocycles. The molecule has 0 amide bonds. The first-order valence-electron chi connectivity index (χ1n) is 5.65. The Balaban J connectivity index is 4.83. The van der Waals surface area contributed by atoms with Crippen molar-refractivity contribution >= 4 is 11.6 Å². The second kappa shape index (κ2) is 4.66. The van der Waals surface area contributed by atoms with Crippen LogP contribution in [-0.2, 0) is 9.59 Å². The zero-order valence-corrected chi connectivity index (χ0v) is 11.4. The van der Waals surface area contributed by atoms with Crippen LogP contribution >= 0.6 is 0 Å². The Hall–Kier alpha value is -0.700. The number of Topliss-reactive ketones (excluding diaryl/α,β-unsaturated/α-hetero) is 2. The first kappa shape index (κ1) is 15.3. The number of carbonyl (C=O) groups excluding carboxylic acids is 2. The van der Waals surface area contributed by atoms with Crippen LogP contribution in [0, 0.1) is 16.7 Å². The van der Waals surface area contributed by atoms with Crippen molar-refractivity contribution in [3.05, 3.63) is 0 Å². The zero-order valence-electron chi connectivity index (χ0n) is 11.4. The Morgan fingerprint density at radius 1 is 0.875 bits per heavy atom. The van der Waals surface area contributed by atoms with E-state index in [1.54, 1.807) is 48.5 Å². The standard InChI is InChI=1S/C13H24O3/c1-8(10(15)12(2,3)4)9(14)11(16)13(5,6)7/h8-9,14H,1-7H3. The van der Waals surface area contributed by atoms with Gasteiger partial charge in [-0.25, -0.2) is 0 Å². The first-order chi connectivity index (χ1) is 6.89. The molecule has 3 heteroatoms. The molecule has 0 aliphatic carbocycles. The first-order valence-corrected chi connectivity index (χ1v) is 5.65. The van der Waals surface area contributed by atoms with Crippen molar-refractivity contribution in [1.82, 2.24) is 0 Å². The van der Waals surface area contributed by atoms with Gasteiger partial charge in [0.15, 0.2) is 5.78 Å². The second-order valence-electron chi connectivity index (χ2n) is 6.46. The Morgan fingerprint density at radius 2 is 1.19 bits per heavy atom. The molecule has 2 atom stereocenters. The molecule has 0 heterocycles. The quantitative estimate of drug-likeness (QED) is 0.805. The average molecular weight is 228 g/mol. The SMILES string of the molecule is CC(C(=O)C(C)(C)C)C(O)C(=O)C(C)(C)C. The molecule has 0 aromatic carbocycles. The summed E-state index contributed by atoms with van der Waals surface area (Å²) in [5.41, 5.74) is -1.15. The highest BCUT2D eigenvalue weighted by Gasteiger charge is 2.38. The molecule has 0 spiro atoms. The highest BCUT2D eigenvalue weighted by molar-refractivity contribution is 5.95. The summed E-state index contributed by atoms with van der Waals surface area (Å²) in [6.45, 7) is 12.2. The van der Waals surface area contributed by atoms with Gasteiger partial charge in [0.1, 0.15) is 11.9 Å². The van der Waals surface area contributed by atoms with Crippen LogP contribution in [0.15, 0.2) is 0 Å². The zero-order chi connectivity index (χ0) is 13.3. The molecule has 0 bridgehead atoms. The molecule has 0 fully saturated rings. The van der Waals surface area contributed by atoms with Crippen LogP contribution < -0.4 is 0 Å². The Morgan fingerprint density at radius 3 is 1.44 bits per heavy atom. The monoisotopic (exact) mass is 228 g/mol. The average Bonchev–Trinajstić information content (AvgIpc) is 2.10. The van der Waals surface area contributed by atoms with Gasteiger partial charge in [0, 0.05) is 16.7 Å². The van der Waals surface area contributed by atoms with Gasteiger partial charge in [-0.2, -0.15) is 0 Å². The van der Waals surface area contributed by atoms with E-state index in [1.165, 1.54) is 0 Å². The van der Waals surface area contributed by atoms with Crippen molar-refractivity contribution < 1.29 is 14.7 Å². The van der Waals surface area contributed by atoms with Crippen molar-refractivity contribution in [2.45, 2.75) is 54.6 Å². The molecule has 94 valence electrons. The van der Waals surface area contributed by atoms with Crippen molar-refractivity contribution in [1.29, 1.82) is 0 Å². The summed E-state index contributed by atoms with van der Waals surface area (Å²) in [6.07, 6.45) is -1.20. The van der Waals surface area contributed by atoms with Crippen molar-refractivity contribution in [2.24, 2.45) is 16.7 Å². The minimum Gasteiger partial charge on any atom is -0.385 e. The fourth-order valence-electron chi connectivity index (χ4n) is 1.50. The summed E-state index contributed by atoms with van der Waals surface area (Å²) in [5.74, 6) is -1.01. The van der Waals surface area contributed by atoms with Crippen LogP contribution in [0.2, 0.25) is 0 Å². The predicted octanol–water partition coefficient (Wildman–Crippen LogP) is 2.21. The predicted molar refractivity (Wildman–Crippen MR) is 64.1 cm³/mol. The number of hydrogen-bond acceptors (Lipinski definition) is 3. The van der Waals surface area contributed by atoms with E-state index in [1.807, 2.05) is 0 Å². The summed E-state index contributed by atoms with van der Waals surface area (Å²) in [6, 6.07) is 0. The Bertz CT molecular complexity index is 249. The van der Waals surface area contributed by atoms with Crippen molar-refractivity contribution in [3.63, 3.8) is 0 Å². The number of hydrogen-bond donors (Lipinski definition) is 1. The van der Waals surface area contributed by atoms with Gasteiger partial charge in [0.2, 0.25) is 0 Å². The van der Waals surface area contributed by atoms with Gasteiger partial charge in [-0.15, -0.1) is 0 Å². The van der Waals surface area contributed by atoms with Gasteiger partial charge in [-0.05, 0) is 0 Å². The number of ketones is 2. The fourth-order valence-corrected chi connectivity index (χ4v) is 1.50. The molecule has 0 rings (SSSR count). The third-order valence-corrected chi connectivity index (χ3v) is 2.63. The van der Waals surface area contributed by atoms with Gasteiger partial charge < -0.3 is 5.11 Å². The number of carbonyl (C=O) groups is 2. The van der Waals surface area contributed by atoms with Crippen LogP contribution in [0.1, 0.15) is 48.5 Å². The largest absolute Gasteiger partial charge is 0.385 e. The van der Waals surface area contributed by atoms with E-state index < -0.39 is 22.9 Å². The highest BCUT2D eigenvalue weighted by atomic mass is 16.3. The maximum absolute atomic E-state index is 11.9. The summed E-state index contributed by atoms with van der Waals surface area (Å²) in [7, 11) is 0. The summed E-state index contributed by atoms with van der Waals surface area (Å²) < 4.78 is 0. The van der Waals surface area contributed by atoms with Crippen LogP contribution in [0.4, 0.5) is 0 Å². The number of aliphatic hydroxyl groups excluding tert-OH is 1. The second-order valence-corrected chi connectivity index (χ2v) is 6.46. The van der Waals surface area contributed by atoms with Crippen LogP contribution in [0.5, 0.6) is 0 Å². The van der Waals surface area contributed by atoms with Crippen LogP contribution in [0.3, 0.4) is 0 Å². The number of aliphatic hydroxyl groups is 1. The molecule has 0 radical (unpaired) electrons. The third-order valence-electron chi connectivity index (χ3n) is 2.63. The molecule has 0 aromatic rings. The molecule has 3 nitrogen and oxygen atoms in total. The van der Waals surface area contributed by atoms with E-state index in [0.717, 1.165) is 0 Å². The lowest BCUT2D eigenvalue weighted by Crippen LogP contribution is -2.42. The number of rotatable bonds is 3.